The van der Waals surface area contributed by atoms with Gasteiger partial charge in [0.25, 0.3) is 0 Å². The molecule has 2 amide bonds. The van der Waals surface area contributed by atoms with Crippen LogP contribution in [0.4, 0.5) is 4.79 Å². The van der Waals surface area contributed by atoms with Crippen molar-refractivity contribution >= 4 is 12.0 Å². The summed E-state index contributed by atoms with van der Waals surface area (Å²) in [5.41, 5.74) is 0.673. The second kappa shape index (κ2) is 6.67. The summed E-state index contributed by atoms with van der Waals surface area (Å²) in [5, 5.41) is 7.04. The van der Waals surface area contributed by atoms with E-state index in [-0.39, 0.29) is 29.5 Å². The first-order valence-corrected chi connectivity index (χ1v) is 8.58. The van der Waals surface area contributed by atoms with E-state index < -0.39 is 6.09 Å². The zero-order valence-electron chi connectivity index (χ0n) is 15.2. The van der Waals surface area contributed by atoms with E-state index in [9.17, 15) is 9.59 Å². The maximum Gasteiger partial charge on any atom is 0.407 e. The molecule has 0 aliphatic carbocycles. The quantitative estimate of drug-likeness (QED) is 0.883. The van der Waals surface area contributed by atoms with E-state index in [1.807, 2.05) is 38.9 Å². The van der Waals surface area contributed by atoms with Crippen molar-refractivity contribution in [3.8, 4) is 0 Å². The molecule has 2 aliphatic heterocycles. The molecule has 2 saturated heterocycles. The molecule has 0 spiro atoms. The molecule has 25 heavy (non-hydrogen) atoms. The minimum atomic E-state index is -0.458. The zero-order chi connectivity index (χ0) is 18.2. The standard InChI is InChI=1S/C17H26N4O4/c1-17(2,3)21-14(22)5-11(15(21)12-7-19-20(4)8-12)6-18-16(23)25-13-9-24-10-13/h7-8,11,13,15H,5-6,9-10H2,1-4H3,(H,18,23)/t11-,15+/m1/s1. The molecule has 0 aromatic carbocycles. The third-order valence-corrected chi connectivity index (χ3v) is 4.61. The predicted octanol–water partition coefficient (Wildman–Crippen LogP) is 1.23. The molecule has 3 heterocycles. The van der Waals surface area contributed by atoms with Gasteiger partial charge in [0.15, 0.2) is 6.10 Å². The first-order chi connectivity index (χ1) is 11.8. The van der Waals surface area contributed by atoms with Gasteiger partial charge in [-0.2, -0.15) is 5.10 Å². The highest BCUT2D eigenvalue weighted by Gasteiger charge is 2.46. The van der Waals surface area contributed by atoms with Crippen molar-refractivity contribution in [1.29, 1.82) is 0 Å². The van der Waals surface area contributed by atoms with E-state index in [0.717, 1.165) is 5.56 Å². The number of aryl methyl sites for hydroxylation is 1. The molecule has 1 N–H and O–H groups in total. The third-order valence-electron chi connectivity index (χ3n) is 4.61. The second-order valence-corrected chi connectivity index (χ2v) is 7.74. The molecule has 138 valence electrons. The number of likely N-dealkylation sites (tertiary alicyclic amines) is 1. The van der Waals surface area contributed by atoms with Crippen LogP contribution in [0.15, 0.2) is 12.4 Å². The van der Waals surface area contributed by atoms with Gasteiger partial charge >= 0.3 is 6.09 Å². The largest absolute Gasteiger partial charge is 0.441 e. The van der Waals surface area contributed by atoms with E-state index in [0.29, 0.717) is 26.2 Å². The molecule has 0 saturated carbocycles. The topological polar surface area (TPSA) is 85.7 Å². The fourth-order valence-electron chi connectivity index (χ4n) is 3.48. The van der Waals surface area contributed by atoms with Crippen molar-refractivity contribution in [3.63, 3.8) is 0 Å². The number of nitrogens with zero attached hydrogens (tertiary/aromatic N) is 3. The van der Waals surface area contributed by atoms with E-state index in [1.54, 1.807) is 10.9 Å². The van der Waals surface area contributed by atoms with Gasteiger partial charge < -0.3 is 19.7 Å². The van der Waals surface area contributed by atoms with Crippen LogP contribution in [0, 0.1) is 5.92 Å². The van der Waals surface area contributed by atoms with Crippen molar-refractivity contribution < 1.29 is 19.1 Å². The molecule has 3 rings (SSSR count). The molecular weight excluding hydrogens is 324 g/mol. The lowest BCUT2D eigenvalue weighted by Gasteiger charge is -2.38. The lowest BCUT2D eigenvalue weighted by molar-refractivity contribution is -0.133. The number of nitrogens with one attached hydrogen (secondary N) is 1. The van der Waals surface area contributed by atoms with Gasteiger partial charge in [0.1, 0.15) is 0 Å². The Morgan fingerprint density at radius 1 is 1.44 bits per heavy atom. The minimum Gasteiger partial charge on any atom is -0.441 e. The highest BCUT2D eigenvalue weighted by molar-refractivity contribution is 5.80. The summed E-state index contributed by atoms with van der Waals surface area (Å²) in [6.07, 6.45) is 3.49. The van der Waals surface area contributed by atoms with Crippen LogP contribution < -0.4 is 5.32 Å². The van der Waals surface area contributed by atoms with Crippen LogP contribution in [0.25, 0.3) is 0 Å². The number of hydrogen-bond donors (Lipinski definition) is 1. The monoisotopic (exact) mass is 350 g/mol. The fourth-order valence-corrected chi connectivity index (χ4v) is 3.48. The smallest absolute Gasteiger partial charge is 0.407 e. The Balaban J connectivity index is 1.72. The Bertz CT molecular complexity index is 647. The van der Waals surface area contributed by atoms with Gasteiger partial charge in [0.05, 0.1) is 25.5 Å². The van der Waals surface area contributed by atoms with E-state index in [4.69, 9.17) is 9.47 Å². The van der Waals surface area contributed by atoms with Crippen molar-refractivity contribution in [2.75, 3.05) is 19.8 Å². The summed E-state index contributed by atoms with van der Waals surface area (Å²) in [6, 6.07) is -0.117. The molecule has 0 unspecified atom stereocenters. The van der Waals surface area contributed by atoms with Crippen LogP contribution in [0.2, 0.25) is 0 Å². The molecule has 0 radical (unpaired) electrons. The lowest BCUT2D eigenvalue weighted by atomic mass is 9.93. The minimum absolute atomic E-state index is 0.0267. The van der Waals surface area contributed by atoms with E-state index in [1.165, 1.54) is 0 Å². The highest BCUT2D eigenvalue weighted by Crippen LogP contribution is 2.41. The maximum absolute atomic E-state index is 12.6. The van der Waals surface area contributed by atoms with Crippen LogP contribution in [-0.2, 0) is 21.3 Å². The highest BCUT2D eigenvalue weighted by atomic mass is 16.6. The maximum atomic E-state index is 12.6. The van der Waals surface area contributed by atoms with Gasteiger partial charge in [-0.3, -0.25) is 9.48 Å². The number of amides is 2. The average Bonchev–Trinajstić information content (AvgIpc) is 3.03. The zero-order valence-corrected chi connectivity index (χ0v) is 15.2. The molecule has 8 heteroatoms. The second-order valence-electron chi connectivity index (χ2n) is 7.74. The summed E-state index contributed by atoms with van der Waals surface area (Å²) in [5.74, 6) is 0.0648. The SMILES string of the molecule is Cn1cc([C@@H]2[C@@H](CNC(=O)OC3COC3)CC(=O)N2C(C)(C)C)cn1. The van der Waals surface area contributed by atoms with Gasteiger partial charge in [-0.25, -0.2) is 4.79 Å². The Hall–Kier alpha value is -2.09. The summed E-state index contributed by atoms with van der Waals surface area (Å²) in [4.78, 5) is 26.4. The number of ether oxygens (including phenoxy) is 2. The lowest BCUT2D eigenvalue weighted by Crippen LogP contribution is -2.45. The molecule has 0 bridgehead atoms. The number of hydrogen-bond acceptors (Lipinski definition) is 5. The van der Waals surface area contributed by atoms with Crippen LogP contribution in [0.1, 0.15) is 38.8 Å². The molecule has 1 aromatic rings. The van der Waals surface area contributed by atoms with Crippen LogP contribution in [-0.4, -0.2) is 58.1 Å². The average molecular weight is 350 g/mol. The normalized spacial score (nSPS) is 24.3. The van der Waals surface area contributed by atoms with Gasteiger partial charge in [-0.1, -0.05) is 0 Å². The molecule has 2 fully saturated rings. The van der Waals surface area contributed by atoms with Crippen LogP contribution in [0.3, 0.4) is 0 Å². The van der Waals surface area contributed by atoms with E-state index in [2.05, 4.69) is 10.4 Å². The first-order valence-electron chi connectivity index (χ1n) is 8.58. The molecular formula is C17H26N4O4. The Labute approximate surface area is 147 Å². The van der Waals surface area contributed by atoms with E-state index >= 15 is 0 Å². The number of rotatable bonds is 4. The molecule has 1 aromatic heterocycles. The van der Waals surface area contributed by atoms with Gasteiger partial charge in [0.2, 0.25) is 5.91 Å². The van der Waals surface area contributed by atoms with Crippen molar-refractivity contribution in [3.05, 3.63) is 18.0 Å². The van der Waals surface area contributed by atoms with Crippen LogP contribution >= 0.6 is 0 Å². The summed E-state index contributed by atoms with van der Waals surface area (Å²) < 4.78 is 11.9. The number of carbonyl (C=O) groups excluding carboxylic acids is 2. The Kier molecular flexibility index (Phi) is 4.73. The van der Waals surface area contributed by atoms with Crippen molar-refractivity contribution in [1.82, 2.24) is 20.0 Å². The van der Waals surface area contributed by atoms with Gasteiger partial charge in [0, 0.05) is 43.2 Å². The summed E-state index contributed by atoms with van der Waals surface area (Å²) in [7, 11) is 1.85. The third kappa shape index (κ3) is 3.78. The van der Waals surface area contributed by atoms with Gasteiger partial charge in [-0.15, -0.1) is 0 Å². The first kappa shape index (κ1) is 17.7. The number of aromatic nitrogens is 2. The van der Waals surface area contributed by atoms with Gasteiger partial charge in [-0.05, 0) is 20.8 Å². The Morgan fingerprint density at radius 2 is 2.16 bits per heavy atom. The molecule has 8 nitrogen and oxygen atoms in total. The molecule has 2 aliphatic rings. The van der Waals surface area contributed by atoms with Crippen molar-refractivity contribution in [2.45, 2.75) is 44.9 Å². The predicted molar refractivity (Wildman–Crippen MR) is 89.7 cm³/mol. The number of carbonyl (C=O) groups is 2. The Morgan fingerprint density at radius 3 is 2.68 bits per heavy atom. The van der Waals surface area contributed by atoms with Crippen LogP contribution in [0.5, 0.6) is 0 Å². The fraction of sp³-hybridized carbons (Fsp3) is 0.706. The summed E-state index contributed by atoms with van der Waals surface area (Å²) >= 11 is 0. The molecule has 2 atom stereocenters. The summed E-state index contributed by atoms with van der Waals surface area (Å²) in [6.45, 7) is 7.35. The number of alkyl carbamates (subject to hydrolysis) is 1. The van der Waals surface area contributed by atoms with Crippen molar-refractivity contribution in [2.24, 2.45) is 13.0 Å².